The van der Waals surface area contributed by atoms with Crippen LogP contribution in [0.3, 0.4) is 0 Å². The highest BCUT2D eigenvalue weighted by molar-refractivity contribution is 7.92. The average Bonchev–Trinajstić information content (AvgIpc) is 2.91. The van der Waals surface area contributed by atoms with Crippen LogP contribution >= 0.6 is 0 Å². The number of hydrogen-bond acceptors (Lipinski definition) is 4. The summed E-state index contributed by atoms with van der Waals surface area (Å²) in [5.74, 6) is -1.35. The molecule has 0 aliphatic rings. The van der Waals surface area contributed by atoms with Crippen molar-refractivity contribution >= 4 is 27.5 Å². The van der Waals surface area contributed by atoms with Crippen LogP contribution < -0.4 is 9.62 Å². The number of benzene rings is 3. The van der Waals surface area contributed by atoms with E-state index in [0.29, 0.717) is 17.7 Å². The topological polar surface area (TPSA) is 86.8 Å². The van der Waals surface area contributed by atoms with Gasteiger partial charge in [-0.3, -0.25) is 13.9 Å². The first-order chi connectivity index (χ1) is 18.0. The number of sulfonamides is 1. The summed E-state index contributed by atoms with van der Waals surface area (Å²) in [5.41, 5.74) is 1.77. The molecule has 0 fully saturated rings. The summed E-state index contributed by atoms with van der Waals surface area (Å²) in [5, 5.41) is 2.88. The van der Waals surface area contributed by atoms with Crippen LogP contribution in [0.25, 0.3) is 0 Å². The van der Waals surface area contributed by atoms with Crippen LogP contribution in [-0.4, -0.2) is 43.8 Å². The number of rotatable bonds is 11. The highest BCUT2D eigenvalue weighted by Gasteiger charge is 2.32. The van der Waals surface area contributed by atoms with E-state index in [1.807, 2.05) is 26.8 Å². The molecule has 0 radical (unpaired) electrons. The molecule has 0 aromatic heterocycles. The number of nitrogens with one attached hydrogen (secondary N) is 1. The van der Waals surface area contributed by atoms with Crippen molar-refractivity contribution in [2.75, 3.05) is 10.8 Å². The Labute approximate surface area is 224 Å². The van der Waals surface area contributed by atoms with E-state index in [4.69, 9.17) is 0 Å². The van der Waals surface area contributed by atoms with Gasteiger partial charge in [0.1, 0.15) is 18.4 Å². The van der Waals surface area contributed by atoms with Gasteiger partial charge in [0, 0.05) is 12.6 Å². The Morgan fingerprint density at radius 1 is 0.947 bits per heavy atom. The summed E-state index contributed by atoms with van der Waals surface area (Å²) < 4.78 is 42.0. The minimum absolute atomic E-state index is 0.00124. The van der Waals surface area contributed by atoms with E-state index in [2.05, 4.69) is 5.32 Å². The Kier molecular flexibility index (Phi) is 9.63. The number of anilines is 1. The number of hydrogen-bond donors (Lipinski definition) is 1. The third kappa shape index (κ3) is 7.19. The van der Waals surface area contributed by atoms with E-state index in [9.17, 15) is 22.4 Å². The molecule has 2 amide bonds. The lowest BCUT2D eigenvalue weighted by Crippen LogP contribution is -2.52. The number of carbonyl (C=O) groups excluding carboxylic acids is 2. The van der Waals surface area contributed by atoms with Gasteiger partial charge in [-0.1, -0.05) is 49.4 Å². The third-order valence-corrected chi connectivity index (χ3v) is 8.12. The molecule has 1 N–H and O–H groups in total. The maximum absolute atomic E-state index is 13.8. The first-order valence-corrected chi connectivity index (χ1v) is 14.0. The van der Waals surface area contributed by atoms with Crippen molar-refractivity contribution < 1.29 is 22.4 Å². The van der Waals surface area contributed by atoms with E-state index >= 15 is 0 Å². The molecular formula is C29H34FN3O4S. The molecule has 0 spiro atoms. The fourth-order valence-corrected chi connectivity index (χ4v) is 5.29. The summed E-state index contributed by atoms with van der Waals surface area (Å²) in [6, 6.07) is 19.4. The van der Waals surface area contributed by atoms with Gasteiger partial charge in [0.05, 0.1) is 10.6 Å². The zero-order chi connectivity index (χ0) is 27.9. The molecule has 0 heterocycles. The Hall–Kier alpha value is -3.72. The van der Waals surface area contributed by atoms with Gasteiger partial charge in [0.15, 0.2) is 0 Å². The van der Waals surface area contributed by atoms with Crippen LogP contribution in [0.5, 0.6) is 0 Å². The smallest absolute Gasteiger partial charge is 0.264 e. The molecule has 0 bridgehead atoms. The average molecular weight is 540 g/mol. The number of carbonyl (C=O) groups is 2. The van der Waals surface area contributed by atoms with Gasteiger partial charge in [0.25, 0.3) is 10.0 Å². The zero-order valence-electron chi connectivity index (χ0n) is 22.1. The quantitative estimate of drug-likeness (QED) is 0.384. The molecule has 38 heavy (non-hydrogen) atoms. The molecule has 0 saturated carbocycles. The second-order valence-electron chi connectivity index (χ2n) is 9.31. The highest BCUT2D eigenvalue weighted by Crippen LogP contribution is 2.25. The molecule has 0 aliphatic carbocycles. The van der Waals surface area contributed by atoms with Gasteiger partial charge in [-0.05, 0) is 74.7 Å². The number of nitrogens with zero attached hydrogens (tertiary/aromatic N) is 2. The Bertz CT molecular complexity index is 1350. The lowest BCUT2D eigenvalue weighted by atomic mass is 10.1. The van der Waals surface area contributed by atoms with Gasteiger partial charge in [0.2, 0.25) is 11.8 Å². The molecular weight excluding hydrogens is 505 g/mol. The highest BCUT2D eigenvalue weighted by atomic mass is 32.2. The molecule has 9 heteroatoms. The number of aryl methyl sites for hydroxylation is 1. The van der Waals surface area contributed by atoms with Crippen LogP contribution in [0.1, 0.15) is 38.3 Å². The summed E-state index contributed by atoms with van der Waals surface area (Å²) in [7, 11) is -4.11. The van der Waals surface area contributed by atoms with Crippen LogP contribution in [0, 0.1) is 12.7 Å². The second kappa shape index (κ2) is 12.7. The predicted molar refractivity (Wildman–Crippen MR) is 146 cm³/mol. The van der Waals surface area contributed by atoms with Crippen molar-refractivity contribution in [3.8, 4) is 0 Å². The first-order valence-electron chi connectivity index (χ1n) is 12.5. The van der Waals surface area contributed by atoms with Gasteiger partial charge < -0.3 is 10.2 Å². The summed E-state index contributed by atoms with van der Waals surface area (Å²) >= 11 is 0. The molecule has 0 saturated heterocycles. The van der Waals surface area contributed by atoms with Crippen LogP contribution in [0.15, 0.2) is 83.8 Å². The predicted octanol–water partition coefficient (Wildman–Crippen LogP) is 4.66. The lowest BCUT2D eigenvalue weighted by molar-refractivity contribution is -0.139. The maximum Gasteiger partial charge on any atom is 0.264 e. The van der Waals surface area contributed by atoms with Crippen molar-refractivity contribution in [1.29, 1.82) is 0 Å². The van der Waals surface area contributed by atoms with E-state index in [1.54, 1.807) is 43.3 Å². The van der Waals surface area contributed by atoms with E-state index in [-0.39, 0.29) is 23.4 Å². The fraction of sp³-hybridized carbons (Fsp3) is 0.310. The summed E-state index contributed by atoms with van der Waals surface area (Å²) in [6.45, 7) is 6.71. The van der Waals surface area contributed by atoms with E-state index in [0.717, 1.165) is 9.87 Å². The lowest BCUT2D eigenvalue weighted by Gasteiger charge is -2.32. The Balaban J connectivity index is 2.01. The monoisotopic (exact) mass is 539 g/mol. The van der Waals surface area contributed by atoms with Crippen molar-refractivity contribution in [3.63, 3.8) is 0 Å². The van der Waals surface area contributed by atoms with Gasteiger partial charge in [-0.15, -0.1) is 0 Å². The third-order valence-electron chi connectivity index (χ3n) is 6.33. The SMILES string of the molecule is CC[C@@H](C)NC(=O)[C@H](C)N(Cc1ccc(F)cc1)C(=O)CN(c1cccc(C)c1)S(=O)(=O)c1ccccc1. The fourth-order valence-electron chi connectivity index (χ4n) is 3.87. The van der Waals surface area contributed by atoms with E-state index in [1.165, 1.54) is 41.3 Å². The van der Waals surface area contributed by atoms with Gasteiger partial charge in [-0.25, -0.2) is 12.8 Å². The number of amides is 2. The van der Waals surface area contributed by atoms with Gasteiger partial charge >= 0.3 is 0 Å². The molecule has 2 atom stereocenters. The second-order valence-corrected chi connectivity index (χ2v) is 11.2. The maximum atomic E-state index is 13.8. The molecule has 3 rings (SSSR count). The minimum Gasteiger partial charge on any atom is -0.352 e. The van der Waals surface area contributed by atoms with Crippen molar-refractivity contribution in [2.24, 2.45) is 0 Å². The van der Waals surface area contributed by atoms with Crippen molar-refractivity contribution in [3.05, 3.63) is 95.8 Å². The number of halogens is 1. The standard InChI is InChI=1S/C29H34FN3O4S/c1-5-22(3)31-29(35)23(4)32(19-24-14-16-25(30)17-15-24)28(34)20-33(26-11-9-10-21(2)18-26)38(36,37)27-12-7-6-8-13-27/h6-18,22-23H,5,19-20H2,1-4H3,(H,31,35)/t22-,23+/m1/s1. The van der Waals surface area contributed by atoms with Gasteiger partial charge in [-0.2, -0.15) is 0 Å². The minimum atomic E-state index is -4.11. The van der Waals surface area contributed by atoms with Crippen LogP contribution in [0.2, 0.25) is 0 Å². The normalized spacial score (nSPS) is 12.9. The van der Waals surface area contributed by atoms with E-state index < -0.39 is 34.3 Å². The van der Waals surface area contributed by atoms with Crippen LogP contribution in [0.4, 0.5) is 10.1 Å². The first kappa shape index (κ1) is 28.8. The van der Waals surface area contributed by atoms with Crippen molar-refractivity contribution in [2.45, 2.75) is 57.6 Å². The molecule has 3 aromatic rings. The largest absolute Gasteiger partial charge is 0.352 e. The molecule has 0 unspecified atom stereocenters. The Morgan fingerprint density at radius 2 is 1.61 bits per heavy atom. The molecule has 202 valence electrons. The molecule has 0 aliphatic heterocycles. The van der Waals surface area contributed by atoms with Crippen molar-refractivity contribution in [1.82, 2.24) is 10.2 Å². The summed E-state index contributed by atoms with van der Waals surface area (Å²) in [4.78, 5) is 28.2. The zero-order valence-corrected chi connectivity index (χ0v) is 22.9. The molecule has 3 aromatic carbocycles. The Morgan fingerprint density at radius 3 is 2.21 bits per heavy atom. The van der Waals surface area contributed by atoms with Crippen LogP contribution in [-0.2, 0) is 26.2 Å². The molecule has 7 nitrogen and oxygen atoms in total. The summed E-state index contributed by atoms with van der Waals surface area (Å²) in [6.07, 6.45) is 0.709.